The highest BCUT2D eigenvalue weighted by Gasteiger charge is 2.09. The minimum Gasteiger partial charge on any atom is -0.384 e. The fourth-order valence-corrected chi connectivity index (χ4v) is 2.03. The number of hydrogen-bond donors (Lipinski definition) is 1. The summed E-state index contributed by atoms with van der Waals surface area (Å²) in [5, 5.41) is 3.01. The predicted octanol–water partition coefficient (Wildman–Crippen LogP) is -0.326. The fraction of sp³-hybridized carbons (Fsp3) is 1.00. The van der Waals surface area contributed by atoms with Crippen molar-refractivity contribution in [3.63, 3.8) is 0 Å². The second-order valence-corrected chi connectivity index (χ2v) is 5.40. The maximum atomic E-state index is 11.3. The Labute approximate surface area is 92.1 Å². The van der Waals surface area contributed by atoms with Crippen molar-refractivity contribution in [1.82, 2.24) is 5.32 Å². The van der Waals surface area contributed by atoms with Gasteiger partial charge >= 0.3 is 0 Å². The molecule has 0 aromatic heterocycles. The average Bonchev–Trinajstić information content (AvgIpc) is 2.20. The normalized spacial score (nSPS) is 11.9. The van der Waals surface area contributed by atoms with Gasteiger partial charge in [0.15, 0.2) is 9.84 Å². The standard InChI is InChI=1S/C9H21NO4S/c1-3-14-6-4-10-5-8-15(11,12)9-7-13-2/h10H,3-9H2,1-2H3. The molecule has 0 saturated carbocycles. The van der Waals surface area contributed by atoms with Gasteiger partial charge in [-0.15, -0.1) is 0 Å². The molecule has 0 atom stereocenters. The van der Waals surface area contributed by atoms with Crippen molar-refractivity contribution in [2.45, 2.75) is 6.92 Å². The van der Waals surface area contributed by atoms with Gasteiger partial charge < -0.3 is 14.8 Å². The van der Waals surface area contributed by atoms with Gasteiger partial charge in [0.05, 0.1) is 24.7 Å². The maximum absolute atomic E-state index is 11.3. The van der Waals surface area contributed by atoms with Crippen LogP contribution in [0, 0.1) is 0 Å². The van der Waals surface area contributed by atoms with Crippen LogP contribution < -0.4 is 5.32 Å². The Bertz CT molecular complexity index is 228. The molecule has 0 bridgehead atoms. The van der Waals surface area contributed by atoms with E-state index in [2.05, 4.69) is 5.32 Å². The SMILES string of the molecule is CCOCCNCCS(=O)(=O)CCOC. The molecule has 0 saturated heterocycles. The lowest BCUT2D eigenvalue weighted by Crippen LogP contribution is -2.28. The number of ether oxygens (including phenoxy) is 2. The van der Waals surface area contributed by atoms with Gasteiger partial charge in [0.2, 0.25) is 0 Å². The minimum atomic E-state index is -2.96. The number of rotatable bonds is 10. The van der Waals surface area contributed by atoms with Crippen LogP contribution in [0.3, 0.4) is 0 Å². The maximum Gasteiger partial charge on any atom is 0.153 e. The van der Waals surface area contributed by atoms with E-state index >= 15 is 0 Å². The highest BCUT2D eigenvalue weighted by Crippen LogP contribution is 1.89. The van der Waals surface area contributed by atoms with Crippen molar-refractivity contribution < 1.29 is 17.9 Å². The lowest BCUT2D eigenvalue weighted by atomic mass is 10.6. The molecule has 0 aliphatic heterocycles. The number of sulfone groups is 1. The molecule has 6 heteroatoms. The summed E-state index contributed by atoms with van der Waals surface area (Å²) in [6.07, 6.45) is 0. The molecule has 5 nitrogen and oxygen atoms in total. The van der Waals surface area contributed by atoms with E-state index in [1.54, 1.807) is 0 Å². The topological polar surface area (TPSA) is 64.6 Å². The van der Waals surface area contributed by atoms with Gasteiger partial charge in [0, 0.05) is 26.8 Å². The fourth-order valence-electron chi connectivity index (χ4n) is 0.954. The van der Waals surface area contributed by atoms with E-state index in [-0.39, 0.29) is 18.1 Å². The van der Waals surface area contributed by atoms with Crippen LogP contribution in [0.2, 0.25) is 0 Å². The Kier molecular flexibility index (Phi) is 8.98. The zero-order valence-electron chi connectivity index (χ0n) is 9.49. The van der Waals surface area contributed by atoms with Crippen LogP contribution in [-0.4, -0.2) is 59.9 Å². The van der Waals surface area contributed by atoms with Crippen molar-refractivity contribution in [1.29, 1.82) is 0 Å². The van der Waals surface area contributed by atoms with Gasteiger partial charge in [-0.05, 0) is 6.92 Å². The second kappa shape index (κ2) is 9.08. The summed E-state index contributed by atoms with van der Waals surface area (Å²) in [4.78, 5) is 0. The van der Waals surface area contributed by atoms with E-state index < -0.39 is 9.84 Å². The second-order valence-electron chi connectivity index (χ2n) is 3.09. The van der Waals surface area contributed by atoms with Crippen LogP contribution in [0.4, 0.5) is 0 Å². The van der Waals surface area contributed by atoms with E-state index in [4.69, 9.17) is 9.47 Å². The highest BCUT2D eigenvalue weighted by molar-refractivity contribution is 7.91. The smallest absolute Gasteiger partial charge is 0.153 e. The first-order chi connectivity index (χ1) is 7.12. The first kappa shape index (κ1) is 14.8. The lowest BCUT2D eigenvalue weighted by molar-refractivity contribution is 0.150. The molecule has 0 heterocycles. The Morgan fingerprint density at radius 2 is 1.87 bits per heavy atom. The van der Waals surface area contributed by atoms with E-state index in [1.807, 2.05) is 6.92 Å². The predicted molar refractivity (Wildman–Crippen MR) is 59.9 cm³/mol. The summed E-state index contributed by atoms with van der Waals surface area (Å²) in [5.74, 6) is 0.249. The van der Waals surface area contributed by atoms with Crippen molar-refractivity contribution in [2.24, 2.45) is 0 Å². The van der Waals surface area contributed by atoms with Crippen LogP contribution in [0.1, 0.15) is 6.92 Å². The van der Waals surface area contributed by atoms with Crippen molar-refractivity contribution >= 4 is 9.84 Å². The van der Waals surface area contributed by atoms with Crippen LogP contribution in [-0.2, 0) is 19.3 Å². The third kappa shape index (κ3) is 10.1. The summed E-state index contributed by atoms with van der Waals surface area (Å²) >= 11 is 0. The third-order valence-corrected chi connectivity index (χ3v) is 3.43. The van der Waals surface area contributed by atoms with E-state index in [9.17, 15) is 8.42 Å². The van der Waals surface area contributed by atoms with E-state index in [0.717, 1.165) is 0 Å². The molecule has 0 amide bonds. The average molecular weight is 239 g/mol. The van der Waals surface area contributed by atoms with Crippen LogP contribution in [0.15, 0.2) is 0 Å². The van der Waals surface area contributed by atoms with Crippen LogP contribution >= 0.6 is 0 Å². The molecular weight excluding hydrogens is 218 g/mol. The first-order valence-corrected chi connectivity index (χ1v) is 6.92. The molecule has 0 spiro atoms. The lowest BCUT2D eigenvalue weighted by Gasteiger charge is -2.05. The molecule has 92 valence electrons. The molecule has 0 fully saturated rings. The van der Waals surface area contributed by atoms with Crippen molar-refractivity contribution in [3.8, 4) is 0 Å². The summed E-state index contributed by atoms with van der Waals surface area (Å²) in [5.41, 5.74) is 0. The number of methoxy groups -OCH3 is 1. The zero-order chi connectivity index (χ0) is 11.6. The summed E-state index contributed by atoms with van der Waals surface area (Å²) in [6.45, 7) is 4.66. The molecule has 0 aromatic carbocycles. The van der Waals surface area contributed by atoms with Gasteiger partial charge in [-0.1, -0.05) is 0 Å². The Hall–Kier alpha value is -0.170. The summed E-state index contributed by atoms with van der Waals surface area (Å²) < 4.78 is 32.5. The summed E-state index contributed by atoms with van der Waals surface area (Å²) in [7, 11) is -1.47. The van der Waals surface area contributed by atoms with Crippen LogP contribution in [0.25, 0.3) is 0 Å². The van der Waals surface area contributed by atoms with Gasteiger partial charge in [-0.3, -0.25) is 0 Å². The van der Waals surface area contributed by atoms with Gasteiger partial charge in [-0.2, -0.15) is 0 Å². The number of hydrogen-bond acceptors (Lipinski definition) is 5. The molecular formula is C9H21NO4S. The Morgan fingerprint density at radius 1 is 1.13 bits per heavy atom. The molecule has 0 radical (unpaired) electrons. The molecule has 0 aromatic rings. The van der Waals surface area contributed by atoms with E-state index in [0.29, 0.717) is 26.3 Å². The summed E-state index contributed by atoms with van der Waals surface area (Å²) in [6, 6.07) is 0. The van der Waals surface area contributed by atoms with Crippen molar-refractivity contribution in [2.75, 3.05) is 51.5 Å². The molecule has 15 heavy (non-hydrogen) atoms. The van der Waals surface area contributed by atoms with Gasteiger partial charge in [0.1, 0.15) is 0 Å². The highest BCUT2D eigenvalue weighted by atomic mass is 32.2. The van der Waals surface area contributed by atoms with Gasteiger partial charge in [0.25, 0.3) is 0 Å². The Morgan fingerprint density at radius 3 is 2.47 bits per heavy atom. The molecule has 0 aliphatic carbocycles. The quantitative estimate of drug-likeness (QED) is 0.529. The molecule has 1 N–H and O–H groups in total. The van der Waals surface area contributed by atoms with Crippen LogP contribution in [0.5, 0.6) is 0 Å². The first-order valence-electron chi connectivity index (χ1n) is 5.10. The van der Waals surface area contributed by atoms with E-state index in [1.165, 1.54) is 7.11 Å². The molecule has 0 aliphatic rings. The largest absolute Gasteiger partial charge is 0.384 e. The molecule has 0 rings (SSSR count). The third-order valence-electron chi connectivity index (χ3n) is 1.82. The Balaban J connectivity index is 3.41. The van der Waals surface area contributed by atoms with Gasteiger partial charge in [-0.25, -0.2) is 8.42 Å². The number of nitrogens with one attached hydrogen (secondary N) is 1. The minimum absolute atomic E-state index is 0.0939. The van der Waals surface area contributed by atoms with Crippen molar-refractivity contribution in [3.05, 3.63) is 0 Å². The molecule has 0 unspecified atom stereocenters. The monoisotopic (exact) mass is 239 g/mol. The zero-order valence-corrected chi connectivity index (χ0v) is 10.3.